The lowest BCUT2D eigenvalue weighted by Gasteiger charge is -2.29. The number of hydrogen-bond acceptors (Lipinski definition) is 6. The molecule has 0 aromatic heterocycles. The van der Waals surface area contributed by atoms with Crippen molar-refractivity contribution in [1.82, 2.24) is 16.0 Å². The molecule has 2 aromatic rings. The number of carbonyl (C=O) groups excluding carboxylic acids is 5. The van der Waals surface area contributed by atoms with E-state index in [0.717, 1.165) is 22.4 Å². The number of aldehydes is 1. The number of benzene rings is 2. The fourth-order valence-electron chi connectivity index (χ4n) is 4.59. The van der Waals surface area contributed by atoms with Gasteiger partial charge in [0, 0.05) is 42.3 Å². The topological polar surface area (TPSA) is 134 Å². The van der Waals surface area contributed by atoms with Crippen molar-refractivity contribution in [2.45, 2.75) is 53.5 Å². The number of carbonyl (C=O) groups is 5. The van der Waals surface area contributed by atoms with Gasteiger partial charge in [-0.25, -0.2) is 0 Å². The van der Waals surface area contributed by atoms with Crippen LogP contribution >= 0.6 is 0 Å². The molecule has 3 N–H and O–H groups in total. The van der Waals surface area contributed by atoms with E-state index < -0.39 is 11.3 Å². The van der Waals surface area contributed by atoms with E-state index in [1.807, 2.05) is 76.2 Å². The van der Waals surface area contributed by atoms with Crippen LogP contribution in [-0.4, -0.2) is 62.8 Å². The Balaban J connectivity index is 1.43. The van der Waals surface area contributed by atoms with Crippen molar-refractivity contribution >= 4 is 35.6 Å². The van der Waals surface area contributed by atoms with E-state index in [-0.39, 0.29) is 55.5 Å². The van der Waals surface area contributed by atoms with Crippen LogP contribution in [0.4, 0.5) is 5.69 Å². The highest BCUT2D eigenvalue weighted by Crippen LogP contribution is 2.26. The largest absolute Gasteiger partial charge is 0.380 e. The van der Waals surface area contributed by atoms with Gasteiger partial charge in [-0.05, 0) is 29.2 Å². The molecule has 0 atom stereocenters. The lowest BCUT2D eigenvalue weighted by Crippen LogP contribution is -2.40. The Morgan fingerprint density at radius 2 is 1.48 bits per heavy atom. The molecule has 2 aromatic carbocycles. The number of amides is 4. The summed E-state index contributed by atoms with van der Waals surface area (Å²) in [5.74, 6) is 5.28. The second-order valence-corrected chi connectivity index (χ2v) is 12.4. The summed E-state index contributed by atoms with van der Waals surface area (Å²) >= 11 is 0. The number of para-hydroxylation sites is 1. The summed E-state index contributed by atoms with van der Waals surface area (Å²) in [6.45, 7) is 8.79. The summed E-state index contributed by atoms with van der Waals surface area (Å²) < 4.78 is 5.92. The van der Waals surface area contributed by atoms with Crippen molar-refractivity contribution in [3.8, 4) is 11.8 Å². The van der Waals surface area contributed by atoms with Gasteiger partial charge in [0.25, 0.3) is 0 Å². The Morgan fingerprint density at radius 1 is 0.818 bits per heavy atom. The Kier molecular flexibility index (Phi) is 12.2. The molecular formula is C34H42N4O6. The third-order valence-corrected chi connectivity index (χ3v) is 6.96. The van der Waals surface area contributed by atoms with Crippen molar-refractivity contribution in [2.75, 3.05) is 37.7 Å². The van der Waals surface area contributed by atoms with E-state index in [0.29, 0.717) is 32.6 Å². The maximum atomic E-state index is 13.4. The number of nitrogens with zero attached hydrogens (tertiary/aromatic N) is 1. The molecule has 0 spiro atoms. The summed E-state index contributed by atoms with van der Waals surface area (Å²) in [5, 5.41) is 7.83. The van der Waals surface area contributed by atoms with E-state index in [2.05, 4.69) is 27.8 Å². The van der Waals surface area contributed by atoms with Crippen LogP contribution in [-0.2, 0) is 35.3 Å². The number of nitrogens with one attached hydrogen (secondary N) is 3. The molecule has 0 saturated heterocycles. The van der Waals surface area contributed by atoms with Gasteiger partial charge >= 0.3 is 0 Å². The predicted octanol–water partition coefficient (Wildman–Crippen LogP) is 2.72. The zero-order valence-corrected chi connectivity index (χ0v) is 26.0. The molecule has 1 aliphatic rings. The molecule has 1 heterocycles. The lowest BCUT2D eigenvalue weighted by atomic mass is 9.89. The summed E-state index contributed by atoms with van der Waals surface area (Å²) in [5.41, 5.74) is 2.46. The quantitative estimate of drug-likeness (QED) is 0.212. The van der Waals surface area contributed by atoms with E-state index in [9.17, 15) is 24.0 Å². The van der Waals surface area contributed by atoms with Crippen molar-refractivity contribution in [1.29, 1.82) is 0 Å². The van der Waals surface area contributed by atoms with E-state index in [4.69, 9.17) is 4.74 Å². The van der Waals surface area contributed by atoms with Crippen molar-refractivity contribution in [2.24, 2.45) is 10.8 Å². The molecule has 4 amide bonds. The second kappa shape index (κ2) is 15.8. The second-order valence-electron chi connectivity index (χ2n) is 12.4. The van der Waals surface area contributed by atoms with E-state index >= 15 is 0 Å². The molecule has 0 aliphatic carbocycles. The number of ether oxygens (including phenoxy) is 1. The van der Waals surface area contributed by atoms with Crippen molar-refractivity contribution in [3.05, 3.63) is 65.2 Å². The zero-order chi connectivity index (χ0) is 32.2. The van der Waals surface area contributed by atoms with Gasteiger partial charge in [-0.15, -0.1) is 0 Å². The van der Waals surface area contributed by atoms with Crippen LogP contribution in [0.1, 0.15) is 63.6 Å². The Bertz CT molecular complexity index is 1420. The molecule has 0 radical (unpaired) electrons. The molecule has 1 aliphatic heterocycles. The number of anilines is 1. The molecule has 234 valence electrons. The van der Waals surface area contributed by atoms with Crippen LogP contribution in [0.2, 0.25) is 0 Å². The molecule has 3 rings (SSSR count). The van der Waals surface area contributed by atoms with Gasteiger partial charge < -0.3 is 30.4 Å². The number of fused-ring (bicyclic) bond motifs is 2. The predicted molar refractivity (Wildman–Crippen MR) is 167 cm³/mol. The third kappa shape index (κ3) is 11.0. The molecule has 44 heavy (non-hydrogen) atoms. The number of rotatable bonds is 15. The lowest BCUT2D eigenvalue weighted by molar-refractivity contribution is -0.128. The first-order valence-electron chi connectivity index (χ1n) is 14.7. The Hall–Kier alpha value is -4.49. The highest BCUT2D eigenvalue weighted by Gasteiger charge is 2.26. The van der Waals surface area contributed by atoms with Gasteiger partial charge in [0.05, 0.1) is 38.5 Å². The average Bonchev–Trinajstić information content (AvgIpc) is 2.97. The van der Waals surface area contributed by atoms with Crippen LogP contribution in [0.15, 0.2) is 48.5 Å². The van der Waals surface area contributed by atoms with Crippen LogP contribution in [0.3, 0.4) is 0 Å². The van der Waals surface area contributed by atoms with Gasteiger partial charge in [0.15, 0.2) is 0 Å². The summed E-state index contributed by atoms with van der Waals surface area (Å²) in [4.78, 5) is 61.9. The maximum absolute atomic E-state index is 13.4. The van der Waals surface area contributed by atoms with Crippen LogP contribution in [0.5, 0.6) is 0 Å². The van der Waals surface area contributed by atoms with Gasteiger partial charge in [-0.2, -0.15) is 0 Å². The van der Waals surface area contributed by atoms with Gasteiger partial charge in [-0.1, -0.05) is 69.9 Å². The summed E-state index contributed by atoms with van der Waals surface area (Å²) in [7, 11) is 0. The van der Waals surface area contributed by atoms with Gasteiger partial charge in [-0.3, -0.25) is 19.2 Å². The van der Waals surface area contributed by atoms with Crippen LogP contribution < -0.4 is 20.9 Å². The normalized spacial score (nSPS) is 12.3. The standard InChI is InChI=1S/C34H42N4O6/c1-33(2,19-30(41)36-20-31(42)35-17-18-39)23-44-24-34(3,4)22-37-29(40)15-16-32(43)38-21-27-11-6-5-9-25(27)13-14-26-10-7-8-12-28(26)38/h5-12,18H,15-17,19-24H2,1-4H3,(H,35,42)(H,36,41)(H,37,40). The molecule has 0 unspecified atom stereocenters. The fraction of sp³-hybridized carbons (Fsp3) is 0.441. The summed E-state index contributed by atoms with van der Waals surface area (Å²) in [6.07, 6.45) is 0.832. The SMILES string of the molecule is CC(C)(CNC(=O)CCC(=O)N1Cc2ccccc2C#Cc2ccccc21)COCC(C)(C)CC(=O)NCC(=O)NCC=O. The molecule has 10 heteroatoms. The first kappa shape index (κ1) is 34.0. The van der Waals surface area contributed by atoms with Crippen LogP contribution in [0.25, 0.3) is 0 Å². The van der Waals surface area contributed by atoms with Crippen molar-refractivity contribution < 1.29 is 28.7 Å². The van der Waals surface area contributed by atoms with Gasteiger partial charge in [0.2, 0.25) is 23.6 Å². The third-order valence-electron chi connectivity index (χ3n) is 6.96. The maximum Gasteiger partial charge on any atom is 0.239 e. The first-order valence-corrected chi connectivity index (χ1v) is 14.7. The zero-order valence-electron chi connectivity index (χ0n) is 26.0. The molecule has 0 bridgehead atoms. The van der Waals surface area contributed by atoms with Crippen LogP contribution in [0, 0.1) is 22.7 Å². The minimum absolute atomic E-state index is 0.0527. The monoisotopic (exact) mass is 602 g/mol. The average molecular weight is 603 g/mol. The smallest absolute Gasteiger partial charge is 0.239 e. The summed E-state index contributed by atoms with van der Waals surface area (Å²) in [6, 6.07) is 15.3. The van der Waals surface area contributed by atoms with Gasteiger partial charge in [0.1, 0.15) is 6.29 Å². The minimum Gasteiger partial charge on any atom is -0.380 e. The van der Waals surface area contributed by atoms with Crippen molar-refractivity contribution in [3.63, 3.8) is 0 Å². The Labute approximate surface area is 259 Å². The van der Waals surface area contributed by atoms with E-state index in [1.165, 1.54) is 0 Å². The molecule has 10 nitrogen and oxygen atoms in total. The molecule has 0 fully saturated rings. The molecule has 0 saturated carbocycles. The highest BCUT2D eigenvalue weighted by atomic mass is 16.5. The Morgan fingerprint density at radius 3 is 2.23 bits per heavy atom. The highest BCUT2D eigenvalue weighted by molar-refractivity contribution is 5.97. The first-order chi connectivity index (χ1) is 20.9. The fourth-order valence-corrected chi connectivity index (χ4v) is 4.59. The molecular weight excluding hydrogens is 560 g/mol. The van der Waals surface area contributed by atoms with E-state index in [1.54, 1.807) is 4.90 Å². The minimum atomic E-state index is -0.486. The number of hydrogen-bond donors (Lipinski definition) is 3.